The van der Waals surface area contributed by atoms with Crippen LogP contribution in [0.3, 0.4) is 0 Å². The minimum Gasteiger partial charge on any atom is -0.332 e. The minimum absolute atomic E-state index is 0.00799. The molecule has 0 unspecified atom stereocenters. The maximum Gasteiger partial charge on any atom is 0.242 e. The van der Waals surface area contributed by atoms with Crippen molar-refractivity contribution in [2.45, 2.75) is 52.2 Å². The predicted molar refractivity (Wildman–Crippen MR) is 109 cm³/mol. The molecule has 0 saturated heterocycles. The zero-order valence-electron chi connectivity index (χ0n) is 16.1. The Kier molecular flexibility index (Phi) is 6.67. The standard InChI is InChI=1S/C22H28N2O2S/c1-17(2)24(22(26)19-10-6-11-19)16-21(25)23(15-20-12-7-13-27-20)14-18-8-4-3-5-9-18/h3-5,7-9,12-13,17,19H,6,10-11,14-16H2,1-2H3. The van der Waals surface area contributed by atoms with E-state index in [1.54, 1.807) is 16.2 Å². The summed E-state index contributed by atoms with van der Waals surface area (Å²) in [6.45, 7) is 5.27. The van der Waals surface area contributed by atoms with Gasteiger partial charge in [0.1, 0.15) is 6.54 Å². The highest BCUT2D eigenvalue weighted by Crippen LogP contribution is 2.29. The van der Waals surface area contributed by atoms with Crippen LogP contribution in [0.5, 0.6) is 0 Å². The largest absolute Gasteiger partial charge is 0.332 e. The van der Waals surface area contributed by atoms with E-state index in [0.29, 0.717) is 13.1 Å². The fourth-order valence-electron chi connectivity index (χ4n) is 3.28. The van der Waals surface area contributed by atoms with Gasteiger partial charge in [-0.05, 0) is 43.7 Å². The van der Waals surface area contributed by atoms with E-state index in [1.165, 1.54) is 0 Å². The van der Waals surface area contributed by atoms with E-state index in [9.17, 15) is 9.59 Å². The van der Waals surface area contributed by atoms with Crippen molar-refractivity contribution in [1.82, 2.24) is 9.80 Å². The second kappa shape index (κ2) is 9.18. The summed E-state index contributed by atoms with van der Waals surface area (Å²) in [6, 6.07) is 14.1. The third-order valence-corrected chi connectivity index (χ3v) is 6.02. The number of carbonyl (C=O) groups is 2. The Labute approximate surface area is 165 Å². The van der Waals surface area contributed by atoms with E-state index >= 15 is 0 Å². The number of rotatable bonds is 8. The molecule has 2 amide bonds. The second-order valence-corrected chi connectivity index (χ2v) is 8.53. The van der Waals surface area contributed by atoms with Gasteiger partial charge < -0.3 is 9.80 Å². The molecule has 0 N–H and O–H groups in total. The highest BCUT2D eigenvalue weighted by molar-refractivity contribution is 7.09. The van der Waals surface area contributed by atoms with Crippen molar-refractivity contribution in [2.75, 3.05) is 6.54 Å². The third-order valence-electron chi connectivity index (χ3n) is 5.16. The lowest BCUT2D eigenvalue weighted by Gasteiger charge is -2.35. The van der Waals surface area contributed by atoms with Crippen molar-refractivity contribution >= 4 is 23.2 Å². The molecule has 0 aliphatic heterocycles. The molecule has 1 aliphatic carbocycles. The number of hydrogen-bond acceptors (Lipinski definition) is 3. The Bertz CT molecular complexity index is 739. The quantitative estimate of drug-likeness (QED) is 0.680. The van der Waals surface area contributed by atoms with Gasteiger partial charge >= 0.3 is 0 Å². The molecule has 144 valence electrons. The van der Waals surface area contributed by atoms with Gasteiger partial charge in [0.25, 0.3) is 0 Å². The summed E-state index contributed by atoms with van der Waals surface area (Å²) in [5.41, 5.74) is 1.10. The van der Waals surface area contributed by atoms with Crippen molar-refractivity contribution in [3.8, 4) is 0 Å². The first kappa shape index (κ1) is 19.6. The summed E-state index contributed by atoms with van der Waals surface area (Å²) in [5, 5.41) is 2.03. The minimum atomic E-state index is 0.00799. The number of thiophene rings is 1. The SMILES string of the molecule is CC(C)N(CC(=O)N(Cc1ccccc1)Cc1cccs1)C(=O)C1CCC1. The molecule has 4 nitrogen and oxygen atoms in total. The summed E-state index contributed by atoms with van der Waals surface area (Å²) in [6.07, 6.45) is 3.03. The zero-order valence-corrected chi connectivity index (χ0v) is 17.0. The summed E-state index contributed by atoms with van der Waals surface area (Å²) < 4.78 is 0. The van der Waals surface area contributed by atoms with E-state index in [-0.39, 0.29) is 30.3 Å². The van der Waals surface area contributed by atoms with Gasteiger partial charge in [-0.3, -0.25) is 9.59 Å². The predicted octanol–water partition coefficient (Wildman–Crippen LogP) is 4.31. The van der Waals surface area contributed by atoms with E-state index in [2.05, 4.69) is 6.07 Å². The Balaban J connectivity index is 1.73. The molecule has 0 spiro atoms. The van der Waals surface area contributed by atoms with Crippen LogP contribution in [0.2, 0.25) is 0 Å². The highest BCUT2D eigenvalue weighted by Gasteiger charge is 2.32. The van der Waals surface area contributed by atoms with Crippen LogP contribution in [-0.4, -0.2) is 34.2 Å². The molecular weight excluding hydrogens is 356 g/mol. The van der Waals surface area contributed by atoms with Gasteiger partial charge in [-0.1, -0.05) is 42.8 Å². The van der Waals surface area contributed by atoms with Gasteiger partial charge in [0.05, 0.1) is 6.54 Å². The molecule has 5 heteroatoms. The second-order valence-electron chi connectivity index (χ2n) is 7.50. The van der Waals surface area contributed by atoms with Crippen LogP contribution in [-0.2, 0) is 22.7 Å². The summed E-state index contributed by atoms with van der Waals surface area (Å²) in [5.74, 6) is 0.258. The molecule has 2 aromatic rings. The van der Waals surface area contributed by atoms with Crippen LogP contribution in [0, 0.1) is 5.92 Å². The number of hydrogen-bond donors (Lipinski definition) is 0. The first-order chi connectivity index (χ1) is 13.0. The highest BCUT2D eigenvalue weighted by atomic mass is 32.1. The smallest absolute Gasteiger partial charge is 0.242 e. The number of carbonyl (C=O) groups excluding carboxylic acids is 2. The maximum atomic E-state index is 13.2. The average Bonchev–Trinajstić information content (AvgIpc) is 3.11. The van der Waals surface area contributed by atoms with Crippen molar-refractivity contribution < 1.29 is 9.59 Å². The fraction of sp³-hybridized carbons (Fsp3) is 0.455. The van der Waals surface area contributed by atoms with Crippen molar-refractivity contribution in [3.63, 3.8) is 0 Å². The molecule has 0 bridgehead atoms. The molecule has 3 rings (SSSR count). The molecule has 1 aromatic heterocycles. The maximum absolute atomic E-state index is 13.2. The molecule has 27 heavy (non-hydrogen) atoms. The van der Waals surface area contributed by atoms with Crippen LogP contribution in [0.15, 0.2) is 47.8 Å². The van der Waals surface area contributed by atoms with Crippen molar-refractivity contribution in [1.29, 1.82) is 0 Å². The Morgan fingerprint density at radius 2 is 1.81 bits per heavy atom. The summed E-state index contributed by atoms with van der Waals surface area (Å²) in [7, 11) is 0. The van der Waals surface area contributed by atoms with Gasteiger partial charge in [-0.2, -0.15) is 0 Å². The van der Waals surface area contributed by atoms with Crippen LogP contribution in [0.25, 0.3) is 0 Å². The number of nitrogens with zero attached hydrogens (tertiary/aromatic N) is 2. The van der Waals surface area contributed by atoms with Gasteiger partial charge in [0.15, 0.2) is 0 Å². The van der Waals surface area contributed by atoms with Crippen LogP contribution < -0.4 is 0 Å². The Morgan fingerprint density at radius 1 is 1.07 bits per heavy atom. The lowest BCUT2D eigenvalue weighted by molar-refractivity contribution is -0.146. The average molecular weight is 385 g/mol. The Hall–Kier alpha value is -2.14. The lowest BCUT2D eigenvalue weighted by Crippen LogP contribution is -2.48. The molecule has 1 aromatic carbocycles. The van der Waals surface area contributed by atoms with E-state index < -0.39 is 0 Å². The Morgan fingerprint density at radius 3 is 2.37 bits per heavy atom. The first-order valence-electron chi connectivity index (χ1n) is 9.69. The molecule has 0 atom stereocenters. The van der Waals surface area contributed by atoms with E-state index in [1.807, 2.05) is 60.5 Å². The van der Waals surface area contributed by atoms with Gasteiger partial charge in [0.2, 0.25) is 11.8 Å². The zero-order chi connectivity index (χ0) is 19.2. The molecule has 0 radical (unpaired) electrons. The third kappa shape index (κ3) is 5.19. The van der Waals surface area contributed by atoms with Gasteiger partial charge in [0, 0.05) is 23.4 Å². The number of benzene rings is 1. The monoisotopic (exact) mass is 384 g/mol. The summed E-state index contributed by atoms with van der Waals surface area (Å²) >= 11 is 1.65. The van der Waals surface area contributed by atoms with E-state index in [4.69, 9.17) is 0 Å². The molecule has 1 heterocycles. The van der Waals surface area contributed by atoms with Crippen LogP contribution >= 0.6 is 11.3 Å². The first-order valence-corrected chi connectivity index (χ1v) is 10.6. The number of amides is 2. The molecule has 1 fully saturated rings. The summed E-state index contributed by atoms with van der Waals surface area (Å²) in [4.78, 5) is 30.7. The van der Waals surface area contributed by atoms with E-state index in [0.717, 1.165) is 29.7 Å². The van der Waals surface area contributed by atoms with Crippen molar-refractivity contribution in [3.05, 3.63) is 58.3 Å². The molecule has 1 aliphatic rings. The lowest BCUT2D eigenvalue weighted by atomic mass is 9.84. The van der Waals surface area contributed by atoms with Crippen LogP contribution in [0.4, 0.5) is 0 Å². The molecular formula is C22H28N2O2S. The van der Waals surface area contributed by atoms with Gasteiger partial charge in [-0.15, -0.1) is 11.3 Å². The van der Waals surface area contributed by atoms with Crippen LogP contribution in [0.1, 0.15) is 43.6 Å². The topological polar surface area (TPSA) is 40.6 Å². The fourth-order valence-corrected chi connectivity index (χ4v) is 4.00. The molecule has 1 saturated carbocycles. The van der Waals surface area contributed by atoms with Gasteiger partial charge in [-0.25, -0.2) is 0 Å². The van der Waals surface area contributed by atoms with Crippen molar-refractivity contribution in [2.24, 2.45) is 5.92 Å². The normalized spacial score (nSPS) is 14.0.